The largest absolute Gasteiger partial charge is 0.314 e. The maximum absolute atomic E-state index is 4.14. The second-order valence-electron chi connectivity index (χ2n) is 5.95. The van der Waals surface area contributed by atoms with Gasteiger partial charge in [-0.05, 0) is 41.3 Å². The summed E-state index contributed by atoms with van der Waals surface area (Å²) < 4.78 is 1.16. The van der Waals surface area contributed by atoms with Crippen LogP contribution in [0, 0.1) is 0 Å². The fourth-order valence-corrected chi connectivity index (χ4v) is 3.57. The van der Waals surface area contributed by atoms with Gasteiger partial charge in [0.2, 0.25) is 0 Å². The van der Waals surface area contributed by atoms with Crippen molar-refractivity contribution in [3.8, 4) is 0 Å². The van der Waals surface area contributed by atoms with E-state index in [4.69, 9.17) is 0 Å². The molecule has 0 saturated carbocycles. The Bertz CT molecular complexity index is 602. The Balaban J connectivity index is 1.74. The van der Waals surface area contributed by atoms with Crippen molar-refractivity contribution in [3.05, 3.63) is 64.4 Å². The summed E-state index contributed by atoms with van der Waals surface area (Å²) in [5.74, 6) is 0.514. The molecule has 22 heavy (non-hydrogen) atoms. The van der Waals surface area contributed by atoms with Gasteiger partial charge >= 0.3 is 0 Å². The zero-order valence-corrected chi connectivity index (χ0v) is 14.5. The molecule has 0 aliphatic carbocycles. The molecule has 1 aromatic carbocycles. The van der Waals surface area contributed by atoms with Gasteiger partial charge in [-0.25, -0.2) is 0 Å². The van der Waals surface area contributed by atoms with E-state index in [1.165, 1.54) is 11.1 Å². The molecule has 2 aromatic rings. The monoisotopic (exact) mass is 359 g/mol. The Labute approximate surface area is 140 Å². The first-order valence-electron chi connectivity index (χ1n) is 7.84. The number of nitrogens with zero attached hydrogens (tertiary/aromatic N) is 2. The molecule has 3 rings (SSSR count). The van der Waals surface area contributed by atoms with Crippen LogP contribution in [0.25, 0.3) is 0 Å². The van der Waals surface area contributed by atoms with Gasteiger partial charge in [-0.15, -0.1) is 0 Å². The Morgan fingerprint density at radius 2 is 2.14 bits per heavy atom. The molecule has 1 N–H and O–H groups in total. The van der Waals surface area contributed by atoms with Gasteiger partial charge in [0.05, 0.1) is 0 Å². The molecule has 1 aliphatic heterocycles. The molecule has 2 atom stereocenters. The lowest BCUT2D eigenvalue weighted by molar-refractivity contribution is 0.154. The number of pyridine rings is 1. The molecule has 0 amide bonds. The summed E-state index contributed by atoms with van der Waals surface area (Å²) in [6.45, 7) is 6.55. The number of halogens is 1. The van der Waals surface area contributed by atoms with Crippen molar-refractivity contribution < 1.29 is 0 Å². The molecular formula is C18H22BrN3. The minimum atomic E-state index is 0.436. The second kappa shape index (κ2) is 7.36. The lowest BCUT2D eigenvalue weighted by Crippen LogP contribution is -2.47. The van der Waals surface area contributed by atoms with Gasteiger partial charge in [0, 0.05) is 49.1 Å². The number of hydrogen-bond donors (Lipinski definition) is 1. The summed E-state index contributed by atoms with van der Waals surface area (Å²) in [6.07, 6.45) is 3.78. The maximum Gasteiger partial charge on any atom is 0.0474 e. The van der Waals surface area contributed by atoms with Crippen molar-refractivity contribution in [1.82, 2.24) is 15.2 Å². The van der Waals surface area contributed by atoms with Crippen molar-refractivity contribution in [2.75, 3.05) is 26.2 Å². The highest BCUT2D eigenvalue weighted by molar-refractivity contribution is 9.10. The quantitative estimate of drug-likeness (QED) is 0.903. The first kappa shape index (κ1) is 15.7. The van der Waals surface area contributed by atoms with Crippen LogP contribution < -0.4 is 5.32 Å². The minimum absolute atomic E-state index is 0.436. The fourth-order valence-electron chi connectivity index (χ4n) is 3.15. The normalized spacial score (nSPS) is 20.7. The molecular weight excluding hydrogens is 338 g/mol. The van der Waals surface area contributed by atoms with Gasteiger partial charge in [0.25, 0.3) is 0 Å². The van der Waals surface area contributed by atoms with E-state index in [0.717, 1.165) is 30.7 Å². The maximum atomic E-state index is 4.14. The molecule has 1 saturated heterocycles. The van der Waals surface area contributed by atoms with Crippen molar-refractivity contribution >= 4 is 15.9 Å². The lowest BCUT2D eigenvalue weighted by atomic mass is 9.97. The van der Waals surface area contributed by atoms with Crippen LogP contribution in [0.15, 0.2) is 53.3 Å². The molecule has 2 heterocycles. The molecule has 0 radical (unpaired) electrons. The van der Waals surface area contributed by atoms with Gasteiger partial charge in [-0.3, -0.25) is 9.88 Å². The predicted molar refractivity (Wildman–Crippen MR) is 94.0 cm³/mol. The molecule has 1 fully saturated rings. The highest BCUT2D eigenvalue weighted by Gasteiger charge is 2.25. The number of benzene rings is 1. The van der Waals surface area contributed by atoms with Crippen molar-refractivity contribution in [2.45, 2.75) is 18.9 Å². The summed E-state index contributed by atoms with van der Waals surface area (Å²) >= 11 is 3.57. The highest BCUT2D eigenvalue weighted by atomic mass is 79.9. The van der Waals surface area contributed by atoms with E-state index >= 15 is 0 Å². The predicted octanol–water partition coefficient (Wildman–Crippen LogP) is 3.59. The molecule has 0 spiro atoms. The zero-order chi connectivity index (χ0) is 15.4. The van der Waals surface area contributed by atoms with Crippen molar-refractivity contribution in [1.29, 1.82) is 0 Å². The van der Waals surface area contributed by atoms with E-state index in [1.54, 1.807) is 0 Å². The molecule has 0 bridgehead atoms. The summed E-state index contributed by atoms with van der Waals surface area (Å²) in [5, 5.41) is 3.52. The van der Waals surface area contributed by atoms with Gasteiger partial charge in [-0.2, -0.15) is 0 Å². The van der Waals surface area contributed by atoms with Crippen LogP contribution in [-0.2, 0) is 0 Å². The fraction of sp³-hybridized carbons (Fsp3) is 0.389. The minimum Gasteiger partial charge on any atom is -0.314 e. The van der Waals surface area contributed by atoms with Crippen LogP contribution in [0.3, 0.4) is 0 Å². The Hall–Kier alpha value is -1.23. The second-order valence-corrected chi connectivity index (χ2v) is 6.87. The molecule has 3 nitrogen and oxygen atoms in total. The average Bonchev–Trinajstić information content (AvgIpc) is 2.56. The van der Waals surface area contributed by atoms with E-state index in [0.29, 0.717) is 12.0 Å². The van der Waals surface area contributed by atoms with Gasteiger partial charge < -0.3 is 5.32 Å². The first-order chi connectivity index (χ1) is 10.7. The van der Waals surface area contributed by atoms with E-state index in [1.807, 2.05) is 12.4 Å². The highest BCUT2D eigenvalue weighted by Crippen LogP contribution is 2.26. The number of piperazine rings is 1. The Morgan fingerprint density at radius 3 is 2.91 bits per heavy atom. The van der Waals surface area contributed by atoms with Crippen LogP contribution in [0.1, 0.15) is 30.0 Å². The molecule has 116 valence electrons. The molecule has 1 aliphatic rings. The van der Waals surface area contributed by atoms with E-state index in [9.17, 15) is 0 Å². The third-order valence-corrected chi connectivity index (χ3v) is 4.86. The summed E-state index contributed by atoms with van der Waals surface area (Å²) in [7, 11) is 0. The van der Waals surface area contributed by atoms with Crippen LogP contribution >= 0.6 is 15.9 Å². The molecule has 2 unspecified atom stereocenters. The van der Waals surface area contributed by atoms with Crippen LogP contribution in [-0.4, -0.2) is 36.1 Å². The van der Waals surface area contributed by atoms with Crippen molar-refractivity contribution in [3.63, 3.8) is 0 Å². The third kappa shape index (κ3) is 3.75. The summed E-state index contributed by atoms with van der Waals surface area (Å²) in [4.78, 5) is 6.73. The summed E-state index contributed by atoms with van der Waals surface area (Å²) in [5.41, 5.74) is 2.74. The molecule has 4 heteroatoms. The van der Waals surface area contributed by atoms with Gasteiger partial charge in [0.15, 0.2) is 0 Å². The SMILES string of the molecule is CC(CN1CCNCC1c1ccncc1)c1cccc(Br)c1. The smallest absolute Gasteiger partial charge is 0.0474 e. The number of aromatic nitrogens is 1. The number of hydrogen-bond acceptors (Lipinski definition) is 3. The van der Waals surface area contributed by atoms with E-state index < -0.39 is 0 Å². The van der Waals surface area contributed by atoms with E-state index in [-0.39, 0.29) is 0 Å². The first-order valence-corrected chi connectivity index (χ1v) is 8.63. The number of rotatable bonds is 4. The van der Waals surface area contributed by atoms with Crippen molar-refractivity contribution in [2.24, 2.45) is 0 Å². The van der Waals surface area contributed by atoms with Gasteiger partial charge in [0.1, 0.15) is 0 Å². The number of nitrogens with one attached hydrogen (secondary N) is 1. The van der Waals surface area contributed by atoms with Crippen LogP contribution in [0.2, 0.25) is 0 Å². The average molecular weight is 360 g/mol. The molecule has 1 aromatic heterocycles. The van der Waals surface area contributed by atoms with E-state index in [2.05, 4.69) is 74.5 Å². The standard InChI is InChI=1S/C18H22BrN3/c1-14(16-3-2-4-17(19)11-16)13-22-10-9-21-12-18(22)15-5-7-20-8-6-15/h2-8,11,14,18,21H,9-10,12-13H2,1H3. The lowest BCUT2D eigenvalue weighted by Gasteiger charge is -2.38. The Morgan fingerprint density at radius 1 is 1.32 bits per heavy atom. The third-order valence-electron chi connectivity index (χ3n) is 4.37. The van der Waals surface area contributed by atoms with Crippen LogP contribution in [0.4, 0.5) is 0 Å². The van der Waals surface area contributed by atoms with Crippen LogP contribution in [0.5, 0.6) is 0 Å². The van der Waals surface area contributed by atoms with Gasteiger partial charge in [-0.1, -0.05) is 35.0 Å². The Kier molecular flexibility index (Phi) is 5.24. The zero-order valence-electron chi connectivity index (χ0n) is 12.9. The summed E-state index contributed by atoms with van der Waals surface area (Å²) in [6, 6.07) is 13.4. The topological polar surface area (TPSA) is 28.2 Å².